The highest BCUT2D eigenvalue weighted by atomic mass is 35.5. The highest BCUT2D eigenvalue weighted by Crippen LogP contribution is 2.36. The normalized spacial score (nSPS) is 10.9. The Morgan fingerprint density at radius 3 is 2.50 bits per heavy atom. The smallest absolute Gasteiger partial charge is 0.269 e. The lowest BCUT2D eigenvalue weighted by molar-refractivity contribution is 0.0946. The quantitative estimate of drug-likeness (QED) is 0.439. The second kappa shape index (κ2) is 9.89. The molecule has 0 radical (unpaired) electrons. The summed E-state index contributed by atoms with van der Waals surface area (Å²) >= 11 is 0. The fourth-order valence-electron chi connectivity index (χ4n) is 3.64. The number of nitrogens with one attached hydrogen (secondary N) is 2. The van der Waals surface area contributed by atoms with E-state index in [0.717, 1.165) is 33.9 Å². The van der Waals surface area contributed by atoms with Gasteiger partial charge in [0.1, 0.15) is 5.69 Å². The van der Waals surface area contributed by atoms with E-state index < -0.39 is 0 Å². The molecular weight excluding hydrogens is 428 g/mol. The second-order valence-electron chi connectivity index (χ2n) is 7.58. The van der Waals surface area contributed by atoms with Gasteiger partial charge in [-0.1, -0.05) is 18.2 Å². The number of pyridine rings is 1. The minimum Gasteiger partial charge on any atom is -0.493 e. The van der Waals surface area contributed by atoms with Crippen LogP contribution in [0.25, 0.3) is 33.1 Å². The number of rotatable bonds is 7. The lowest BCUT2D eigenvalue weighted by atomic mass is 10.1. The Morgan fingerprint density at radius 1 is 1.03 bits per heavy atom. The van der Waals surface area contributed by atoms with Gasteiger partial charge in [0.25, 0.3) is 5.91 Å². The minimum atomic E-state index is -0.198. The maximum Gasteiger partial charge on any atom is 0.269 e. The molecule has 2 aromatic carbocycles. The molecule has 0 fully saturated rings. The van der Waals surface area contributed by atoms with Crippen molar-refractivity contribution in [1.29, 1.82) is 0 Å². The maximum absolute atomic E-state index is 12.9. The van der Waals surface area contributed by atoms with Crippen LogP contribution >= 0.6 is 12.4 Å². The van der Waals surface area contributed by atoms with Crippen LogP contribution in [-0.2, 0) is 0 Å². The lowest BCUT2D eigenvalue weighted by Gasteiger charge is -2.12. The van der Waals surface area contributed by atoms with Crippen molar-refractivity contribution < 1.29 is 14.3 Å². The number of H-pyrrole nitrogens is 1. The van der Waals surface area contributed by atoms with E-state index in [-0.39, 0.29) is 18.3 Å². The standard InChI is InChI=1S/C24H26N4O3.ClH/c1-28(2)12-11-25-24(29)19-14-17-16-7-5-6-8-18(16)26-23(17)22(27-19)15-9-10-20(30-3)21(13-15)31-4;/h5-10,13-14,26H,11-12H2,1-4H3,(H,25,29);1H. The van der Waals surface area contributed by atoms with Gasteiger partial charge < -0.3 is 24.7 Å². The fraction of sp³-hybridized carbons (Fsp3) is 0.250. The Hall–Kier alpha value is -3.29. The molecule has 7 nitrogen and oxygen atoms in total. The first-order valence-corrected chi connectivity index (χ1v) is 10.1. The SMILES string of the molecule is COc1ccc(-c2nc(C(=O)NCCN(C)C)cc3c2[nH]c2ccccc23)cc1OC.Cl. The lowest BCUT2D eigenvalue weighted by Crippen LogP contribution is -2.31. The van der Waals surface area contributed by atoms with Crippen LogP contribution in [0.5, 0.6) is 11.5 Å². The molecule has 2 aromatic heterocycles. The molecule has 32 heavy (non-hydrogen) atoms. The molecule has 168 valence electrons. The van der Waals surface area contributed by atoms with Crippen LogP contribution in [0.2, 0.25) is 0 Å². The summed E-state index contributed by atoms with van der Waals surface area (Å²) in [6.45, 7) is 1.30. The van der Waals surface area contributed by atoms with Crippen molar-refractivity contribution >= 4 is 40.1 Å². The number of fused-ring (bicyclic) bond motifs is 3. The highest BCUT2D eigenvalue weighted by molar-refractivity contribution is 6.13. The number of hydrogen-bond donors (Lipinski definition) is 2. The number of carbonyl (C=O) groups is 1. The van der Waals surface area contributed by atoms with Gasteiger partial charge in [-0.25, -0.2) is 4.98 Å². The molecule has 0 aliphatic carbocycles. The number of methoxy groups -OCH3 is 2. The molecule has 2 N–H and O–H groups in total. The summed E-state index contributed by atoms with van der Waals surface area (Å²) in [7, 11) is 7.14. The van der Waals surface area contributed by atoms with Gasteiger partial charge in [0, 0.05) is 34.9 Å². The predicted octanol–water partition coefficient (Wildman–Crippen LogP) is 4.11. The summed E-state index contributed by atoms with van der Waals surface area (Å²) < 4.78 is 10.8. The van der Waals surface area contributed by atoms with Gasteiger partial charge in [0.05, 0.1) is 25.4 Å². The van der Waals surface area contributed by atoms with Crippen molar-refractivity contribution in [2.75, 3.05) is 41.4 Å². The van der Waals surface area contributed by atoms with E-state index in [0.29, 0.717) is 29.4 Å². The molecule has 0 bridgehead atoms. The first kappa shape index (κ1) is 23.4. The van der Waals surface area contributed by atoms with Crippen molar-refractivity contribution in [3.05, 3.63) is 54.2 Å². The molecule has 2 heterocycles. The van der Waals surface area contributed by atoms with Crippen LogP contribution in [0.15, 0.2) is 48.5 Å². The van der Waals surface area contributed by atoms with Crippen LogP contribution in [0.3, 0.4) is 0 Å². The van der Waals surface area contributed by atoms with Crippen LogP contribution in [0, 0.1) is 0 Å². The number of aromatic amines is 1. The summed E-state index contributed by atoms with van der Waals surface area (Å²) in [5, 5.41) is 4.95. The van der Waals surface area contributed by atoms with Crippen LogP contribution in [0.1, 0.15) is 10.5 Å². The monoisotopic (exact) mass is 454 g/mol. The van der Waals surface area contributed by atoms with Gasteiger partial charge in [-0.2, -0.15) is 0 Å². The molecule has 0 aliphatic rings. The Balaban J connectivity index is 0.00000289. The molecular formula is C24H27ClN4O3. The number of halogens is 1. The number of para-hydroxylation sites is 1. The highest BCUT2D eigenvalue weighted by Gasteiger charge is 2.18. The van der Waals surface area contributed by atoms with E-state index in [1.54, 1.807) is 14.2 Å². The van der Waals surface area contributed by atoms with Crippen molar-refractivity contribution in [1.82, 2.24) is 20.2 Å². The molecule has 0 saturated carbocycles. The van der Waals surface area contributed by atoms with Gasteiger partial charge in [-0.15, -0.1) is 12.4 Å². The van der Waals surface area contributed by atoms with Crippen molar-refractivity contribution in [2.45, 2.75) is 0 Å². The van der Waals surface area contributed by atoms with Crippen LogP contribution in [0.4, 0.5) is 0 Å². The van der Waals surface area contributed by atoms with Crippen LogP contribution < -0.4 is 14.8 Å². The molecule has 0 unspecified atom stereocenters. The summed E-state index contributed by atoms with van der Waals surface area (Å²) in [5.74, 6) is 1.04. The molecule has 0 atom stereocenters. The average Bonchev–Trinajstić information content (AvgIpc) is 3.16. The van der Waals surface area contributed by atoms with E-state index in [2.05, 4.69) is 10.3 Å². The van der Waals surface area contributed by atoms with E-state index in [1.165, 1.54) is 0 Å². The van der Waals surface area contributed by atoms with E-state index in [1.807, 2.05) is 67.5 Å². The molecule has 0 spiro atoms. The van der Waals surface area contributed by atoms with Crippen molar-refractivity contribution in [3.63, 3.8) is 0 Å². The van der Waals surface area contributed by atoms with Crippen molar-refractivity contribution in [2.24, 2.45) is 0 Å². The summed E-state index contributed by atoms with van der Waals surface area (Å²) in [5.41, 5.74) is 3.76. The zero-order chi connectivity index (χ0) is 22.0. The third kappa shape index (κ3) is 4.49. The number of hydrogen-bond acceptors (Lipinski definition) is 5. The molecule has 0 aliphatic heterocycles. The Bertz CT molecular complexity index is 1250. The van der Waals surface area contributed by atoms with Gasteiger partial charge in [0.15, 0.2) is 11.5 Å². The Labute approximate surface area is 193 Å². The zero-order valence-electron chi connectivity index (χ0n) is 18.6. The van der Waals surface area contributed by atoms with Crippen LogP contribution in [-0.4, -0.2) is 62.2 Å². The number of amides is 1. The second-order valence-corrected chi connectivity index (χ2v) is 7.58. The van der Waals surface area contributed by atoms with E-state index >= 15 is 0 Å². The van der Waals surface area contributed by atoms with Gasteiger partial charge in [0.2, 0.25) is 0 Å². The predicted molar refractivity (Wildman–Crippen MR) is 130 cm³/mol. The maximum atomic E-state index is 12.9. The Morgan fingerprint density at radius 2 is 1.78 bits per heavy atom. The largest absolute Gasteiger partial charge is 0.493 e. The number of ether oxygens (including phenoxy) is 2. The summed E-state index contributed by atoms with van der Waals surface area (Å²) in [6.07, 6.45) is 0. The summed E-state index contributed by atoms with van der Waals surface area (Å²) in [4.78, 5) is 23.1. The minimum absolute atomic E-state index is 0. The molecule has 4 aromatic rings. The first-order chi connectivity index (χ1) is 15.0. The topological polar surface area (TPSA) is 79.5 Å². The van der Waals surface area contributed by atoms with E-state index in [9.17, 15) is 4.79 Å². The molecule has 8 heteroatoms. The number of benzene rings is 2. The third-order valence-corrected chi connectivity index (χ3v) is 5.23. The average molecular weight is 455 g/mol. The Kier molecular flexibility index (Phi) is 7.22. The number of likely N-dealkylation sites (N-methyl/N-ethyl adjacent to an activating group) is 1. The van der Waals surface area contributed by atoms with Gasteiger partial charge in [-0.05, 0) is 44.4 Å². The van der Waals surface area contributed by atoms with Crippen molar-refractivity contribution in [3.8, 4) is 22.8 Å². The fourth-order valence-corrected chi connectivity index (χ4v) is 3.64. The number of aromatic nitrogens is 2. The van der Waals surface area contributed by atoms with Gasteiger partial charge in [-0.3, -0.25) is 4.79 Å². The summed E-state index contributed by atoms with van der Waals surface area (Å²) in [6, 6.07) is 15.5. The first-order valence-electron chi connectivity index (χ1n) is 10.1. The van der Waals surface area contributed by atoms with E-state index in [4.69, 9.17) is 14.5 Å². The molecule has 4 rings (SSSR count). The number of carbonyl (C=O) groups excluding carboxylic acids is 1. The molecule has 1 amide bonds. The third-order valence-electron chi connectivity index (χ3n) is 5.23. The number of nitrogens with zero attached hydrogens (tertiary/aromatic N) is 2. The zero-order valence-corrected chi connectivity index (χ0v) is 19.4. The van der Waals surface area contributed by atoms with Gasteiger partial charge >= 0.3 is 0 Å². The molecule has 0 saturated heterocycles.